The summed E-state index contributed by atoms with van der Waals surface area (Å²) in [7, 11) is 0. The minimum atomic E-state index is -0.268. The summed E-state index contributed by atoms with van der Waals surface area (Å²) < 4.78 is 5.23. The fraction of sp³-hybridized carbons (Fsp3) is 0.417. The predicted octanol–water partition coefficient (Wildman–Crippen LogP) is 1.17. The summed E-state index contributed by atoms with van der Waals surface area (Å²) in [4.78, 5) is 13.9. The number of carbonyl (C=O) groups is 1. The van der Waals surface area contributed by atoms with E-state index >= 15 is 0 Å². The number of nitrogens with zero attached hydrogens (tertiary/aromatic N) is 1. The molecule has 2 rings (SSSR count). The van der Waals surface area contributed by atoms with Gasteiger partial charge in [-0.25, -0.2) is 0 Å². The Morgan fingerprint density at radius 2 is 2.41 bits per heavy atom. The highest BCUT2D eigenvalue weighted by Crippen LogP contribution is 2.16. The van der Waals surface area contributed by atoms with Crippen LogP contribution in [0.5, 0.6) is 0 Å². The third kappa shape index (κ3) is 2.77. The largest absolute Gasteiger partial charge is 0.394 e. The van der Waals surface area contributed by atoms with Crippen LogP contribution < -0.4 is 0 Å². The molecule has 1 unspecified atom stereocenters. The zero-order chi connectivity index (χ0) is 12.3. The number of hydrogen-bond acceptors (Lipinski definition) is 3. The molecule has 0 aromatic heterocycles. The second kappa shape index (κ2) is 5.49. The first-order valence-electron chi connectivity index (χ1n) is 5.47. The molecule has 1 atom stereocenters. The van der Waals surface area contributed by atoms with E-state index in [4.69, 9.17) is 16.3 Å². The van der Waals surface area contributed by atoms with Crippen molar-refractivity contribution in [2.75, 3.05) is 26.4 Å². The number of rotatable bonds is 2. The van der Waals surface area contributed by atoms with Crippen LogP contribution in [-0.4, -0.2) is 48.3 Å². The van der Waals surface area contributed by atoms with Crippen LogP contribution in [0.15, 0.2) is 24.3 Å². The van der Waals surface area contributed by atoms with Gasteiger partial charge in [0.25, 0.3) is 5.91 Å². The van der Waals surface area contributed by atoms with Crippen molar-refractivity contribution in [3.63, 3.8) is 0 Å². The van der Waals surface area contributed by atoms with Crippen molar-refractivity contribution in [3.8, 4) is 0 Å². The molecule has 1 aromatic rings. The molecular formula is C12H14ClNO3. The summed E-state index contributed by atoms with van der Waals surface area (Å²) in [5, 5.41) is 9.74. The highest BCUT2D eigenvalue weighted by molar-refractivity contribution is 6.30. The molecule has 1 fully saturated rings. The number of aliphatic hydroxyl groups is 1. The Labute approximate surface area is 105 Å². The Hall–Kier alpha value is -1.10. The van der Waals surface area contributed by atoms with Crippen molar-refractivity contribution in [1.29, 1.82) is 0 Å². The van der Waals surface area contributed by atoms with Crippen molar-refractivity contribution in [1.82, 2.24) is 4.90 Å². The van der Waals surface area contributed by atoms with Crippen LogP contribution in [-0.2, 0) is 4.74 Å². The van der Waals surface area contributed by atoms with Gasteiger partial charge in [-0.1, -0.05) is 17.7 Å². The molecule has 92 valence electrons. The van der Waals surface area contributed by atoms with Gasteiger partial charge in [0.1, 0.15) is 0 Å². The Morgan fingerprint density at radius 1 is 1.59 bits per heavy atom. The molecule has 1 heterocycles. The molecule has 1 saturated heterocycles. The molecule has 1 aliphatic heterocycles. The third-order valence-electron chi connectivity index (χ3n) is 2.77. The van der Waals surface area contributed by atoms with Crippen LogP contribution in [0.2, 0.25) is 5.02 Å². The molecule has 1 aliphatic rings. The number of aliphatic hydroxyl groups excluding tert-OH is 1. The van der Waals surface area contributed by atoms with E-state index < -0.39 is 0 Å². The standard InChI is InChI=1S/C12H14ClNO3/c13-10-3-1-2-9(6-10)12(16)14-4-5-17-8-11(14)7-15/h1-3,6,11,15H,4-5,7-8H2. The lowest BCUT2D eigenvalue weighted by Crippen LogP contribution is -2.50. The minimum Gasteiger partial charge on any atom is -0.394 e. The summed E-state index contributed by atoms with van der Waals surface area (Å²) in [5.74, 6) is -0.116. The highest BCUT2D eigenvalue weighted by atomic mass is 35.5. The maximum absolute atomic E-state index is 12.2. The molecule has 1 amide bonds. The lowest BCUT2D eigenvalue weighted by molar-refractivity contribution is -0.0183. The lowest BCUT2D eigenvalue weighted by atomic mass is 10.1. The van der Waals surface area contributed by atoms with Gasteiger partial charge in [-0.2, -0.15) is 0 Å². The average Bonchev–Trinajstić information content (AvgIpc) is 2.38. The molecule has 1 aromatic carbocycles. The summed E-state index contributed by atoms with van der Waals surface area (Å²) in [5.41, 5.74) is 0.540. The van der Waals surface area contributed by atoms with E-state index in [0.29, 0.717) is 30.3 Å². The van der Waals surface area contributed by atoms with Crippen LogP contribution in [0.3, 0.4) is 0 Å². The molecule has 0 spiro atoms. The number of carbonyl (C=O) groups excluding carboxylic acids is 1. The first-order chi connectivity index (χ1) is 8.22. The first kappa shape index (κ1) is 12.4. The van der Waals surface area contributed by atoms with E-state index in [2.05, 4.69) is 0 Å². The van der Waals surface area contributed by atoms with Crippen molar-refractivity contribution < 1.29 is 14.6 Å². The van der Waals surface area contributed by atoms with Crippen LogP contribution in [0, 0.1) is 0 Å². The quantitative estimate of drug-likeness (QED) is 0.863. The van der Waals surface area contributed by atoms with Gasteiger partial charge in [0.05, 0.1) is 25.9 Å². The molecule has 0 aliphatic carbocycles. The molecule has 0 radical (unpaired) electrons. The molecule has 17 heavy (non-hydrogen) atoms. The molecule has 1 N–H and O–H groups in total. The molecule has 4 nitrogen and oxygen atoms in total. The van der Waals surface area contributed by atoms with Gasteiger partial charge >= 0.3 is 0 Å². The third-order valence-corrected chi connectivity index (χ3v) is 3.01. The molecule has 0 bridgehead atoms. The van der Waals surface area contributed by atoms with E-state index in [1.807, 2.05) is 0 Å². The van der Waals surface area contributed by atoms with E-state index in [1.165, 1.54) is 0 Å². The van der Waals surface area contributed by atoms with Crippen molar-refractivity contribution in [2.24, 2.45) is 0 Å². The normalized spacial score (nSPS) is 20.4. The Balaban J connectivity index is 2.18. The zero-order valence-electron chi connectivity index (χ0n) is 9.30. The molecule has 0 saturated carbocycles. The summed E-state index contributed by atoms with van der Waals surface area (Å²) in [6.07, 6.45) is 0. The van der Waals surface area contributed by atoms with Crippen molar-refractivity contribution in [3.05, 3.63) is 34.9 Å². The van der Waals surface area contributed by atoms with E-state index in [1.54, 1.807) is 29.2 Å². The van der Waals surface area contributed by atoms with Gasteiger partial charge in [0.15, 0.2) is 0 Å². The SMILES string of the molecule is O=C(c1cccc(Cl)c1)N1CCOCC1CO. The van der Waals surface area contributed by atoms with Crippen LogP contribution in [0.1, 0.15) is 10.4 Å². The number of morpholine rings is 1. The van der Waals surface area contributed by atoms with Gasteiger partial charge in [-0.05, 0) is 18.2 Å². The van der Waals surface area contributed by atoms with Crippen molar-refractivity contribution in [2.45, 2.75) is 6.04 Å². The zero-order valence-corrected chi connectivity index (χ0v) is 10.1. The maximum atomic E-state index is 12.2. The number of hydrogen-bond donors (Lipinski definition) is 1. The predicted molar refractivity (Wildman–Crippen MR) is 64.2 cm³/mol. The highest BCUT2D eigenvalue weighted by Gasteiger charge is 2.27. The van der Waals surface area contributed by atoms with E-state index in [9.17, 15) is 9.90 Å². The second-order valence-corrected chi connectivity index (χ2v) is 4.36. The van der Waals surface area contributed by atoms with E-state index in [-0.39, 0.29) is 18.6 Å². The number of amides is 1. The van der Waals surface area contributed by atoms with Gasteiger partial charge in [-0.3, -0.25) is 4.79 Å². The number of ether oxygens (including phenoxy) is 1. The first-order valence-corrected chi connectivity index (χ1v) is 5.85. The second-order valence-electron chi connectivity index (χ2n) is 3.92. The topological polar surface area (TPSA) is 49.8 Å². The van der Waals surface area contributed by atoms with Crippen LogP contribution in [0.25, 0.3) is 0 Å². The lowest BCUT2D eigenvalue weighted by Gasteiger charge is -2.34. The van der Waals surface area contributed by atoms with Crippen molar-refractivity contribution >= 4 is 17.5 Å². The monoisotopic (exact) mass is 255 g/mol. The Bertz CT molecular complexity index is 410. The van der Waals surface area contributed by atoms with E-state index in [0.717, 1.165) is 0 Å². The molecular weight excluding hydrogens is 242 g/mol. The fourth-order valence-corrected chi connectivity index (χ4v) is 2.05. The van der Waals surface area contributed by atoms with Gasteiger partial charge < -0.3 is 14.7 Å². The summed E-state index contributed by atoms with van der Waals surface area (Å²) in [6.45, 7) is 1.29. The Kier molecular flexibility index (Phi) is 3.99. The van der Waals surface area contributed by atoms with Crippen LogP contribution in [0.4, 0.5) is 0 Å². The fourth-order valence-electron chi connectivity index (χ4n) is 1.86. The van der Waals surface area contributed by atoms with Crippen LogP contribution >= 0.6 is 11.6 Å². The molecule has 5 heteroatoms. The average molecular weight is 256 g/mol. The number of halogens is 1. The Morgan fingerprint density at radius 3 is 3.12 bits per heavy atom. The summed E-state index contributed by atoms with van der Waals surface area (Å²) in [6, 6.07) is 6.55. The summed E-state index contributed by atoms with van der Waals surface area (Å²) >= 11 is 5.85. The minimum absolute atomic E-state index is 0.0910. The van der Waals surface area contributed by atoms with Gasteiger partial charge in [-0.15, -0.1) is 0 Å². The maximum Gasteiger partial charge on any atom is 0.254 e. The number of benzene rings is 1. The van der Waals surface area contributed by atoms with Gasteiger partial charge in [0, 0.05) is 17.1 Å². The van der Waals surface area contributed by atoms with Gasteiger partial charge in [0.2, 0.25) is 0 Å². The smallest absolute Gasteiger partial charge is 0.254 e.